The number of nitrogens with zero attached hydrogens (tertiary/aromatic N) is 1. The van der Waals surface area contributed by atoms with E-state index in [1.54, 1.807) is 37.3 Å². The van der Waals surface area contributed by atoms with E-state index < -0.39 is 16.1 Å². The minimum atomic E-state index is -3.52. The molecule has 0 saturated heterocycles. The van der Waals surface area contributed by atoms with Gasteiger partial charge in [0.15, 0.2) is 0 Å². The van der Waals surface area contributed by atoms with Crippen LogP contribution in [0.2, 0.25) is 0 Å². The van der Waals surface area contributed by atoms with Crippen LogP contribution in [0, 0.1) is 0 Å². The average Bonchev–Trinajstić information content (AvgIpc) is 2.46. The van der Waals surface area contributed by atoms with Crippen molar-refractivity contribution < 1.29 is 13.5 Å². The fraction of sp³-hybridized carbons (Fsp3) is 0.600. The van der Waals surface area contributed by atoms with E-state index >= 15 is 0 Å². The molecule has 20 heavy (non-hydrogen) atoms. The van der Waals surface area contributed by atoms with Gasteiger partial charge in [-0.25, -0.2) is 8.42 Å². The van der Waals surface area contributed by atoms with Gasteiger partial charge < -0.3 is 5.11 Å². The molecule has 1 aromatic carbocycles. The molecular formula is C15H23NO3S. The zero-order chi connectivity index (χ0) is 14.6. The van der Waals surface area contributed by atoms with Gasteiger partial charge in [0.1, 0.15) is 0 Å². The maximum Gasteiger partial charge on any atom is 0.243 e. The van der Waals surface area contributed by atoms with Gasteiger partial charge >= 0.3 is 0 Å². The molecule has 1 aromatic rings. The second-order valence-electron chi connectivity index (χ2n) is 5.53. The largest absolute Gasteiger partial charge is 0.392 e. The van der Waals surface area contributed by atoms with Crippen molar-refractivity contribution in [1.29, 1.82) is 0 Å². The molecule has 0 amide bonds. The number of hydrogen-bond donors (Lipinski definition) is 1. The van der Waals surface area contributed by atoms with Crippen molar-refractivity contribution in [2.24, 2.45) is 0 Å². The van der Waals surface area contributed by atoms with Gasteiger partial charge in [0, 0.05) is 12.6 Å². The minimum absolute atomic E-state index is 0.0172. The molecule has 112 valence electrons. The first-order valence-corrected chi connectivity index (χ1v) is 8.71. The van der Waals surface area contributed by atoms with Crippen molar-refractivity contribution in [1.82, 2.24) is 4.31 Å². The second kappa shape index (κ2) is 6.70. The second-order valence-corrected chi connectivity index (χ2v) is 7.42. The fourth-order valence-corrected chi connectivity index (χ4v) is 4.59. The van der Waals surface area contributed by atoms with E-state index in [0.29, 0.717) is 4.90 Å². The highest BCUT2D eigenvalue weighted by molar-refractivity contribution is 7.89. The molecule has 0 aromatic heterocycles. The Balaban J connectivity index is 2.29. The summed E-state index contributed by atoms with van der Waals surface area (Å²) in [6.45, 7) is 1.80. The Kier molecular flexibility index (Phi) is 5.18. The molecule has 1 N–H and O–H groups in total. The number of aliphatic hydroxyl groups is 1. The normalized spacial score (nSPS) is 19.1. The van der Waals surface area contributed by atoms with E-state index in [2.05, 4.69) is 0 Å². The highest BCUT2D eigenvalue weighted by atomic mass is 32.2. The molecule has 0 spiro atoms. The van der Waals surface area contributed by atoms with E-state index in [1.165, 1.54) is 10.7 Å². The van der Waals surface area contributed by atoms with Gasteiger partial charge in [-0.1, -0.05) is 37.5 Å². The summed E-state index contributed by atoms with van der Waals surface area (Å²) in [6.07, 6.45) is 4.41. The Hall–Kier alpha value is -0.910. The minimum Gasteiger partial charge on any atom is -0.392 e. The maximum atomic E-state index is 12.8. The van der Waals surface area contributed by atoms with Gasteiger partial charge in [-0.3, -0.25) is 0 Å². The lowest BCUT2D eigenvalue weighted by Crippen LogP contribution is -2.44. The topological polar surface area (TPSA) is 57.6 Å². The van der Waals surface area contributed by atoms with Crippen LogP contribution in [0.1, 0.15) is 39.0 Å². The first-order chi connectivity index (χ1) is 9.51. The summed E-state index contributed by atoms with van der Waals surface area (Å²) in [4.78, 5) is 0.311. The van der Waals surface area contributed by atoms with Crippen LogP contribution in [0.3, 0.4) is 0 Å². The summed E-state index contributed by atoms with van der Waals surface area (Å²) >= 11 is 0. The Morgan fingerprint density at radius 2 is 1.80 bits per heavy atom. The number of rotatable bonds is 5. The van der Waals surface area contributed by atoms with Crippen molar-refractivity contribution in [2.75, 3.05) is 6.54 Å². The summed E-state index contributed by atoms with van der Waals surface area (Å²) in [5.74, 6) is 0. The molecular weight excluding hydrogens is 274 g/mol. The van der Waals surface area contributed by atoms with Gasteiger partial charge in [0.2, 0.25) is 10.0 Å². The molecule has 0 aliphatic heterocycles. The summed E-state index contributed by atoms with van der Waals surface area (Å²) in [7, 11) is -3.52. The SMILES string of the molecule is CC(O)CN(C1CCCCC1)S(=O)(=O)c1ccccc1. The predicted molar refractivity (Wildman–Crippen MR) is 78.9 cm³/mol. The molecule has 1 atom stereocenters. The van der Waals surface area contributed by atoms with Crippen LogP contribution < -0.4 is 0 Å². The van der Waals surface area contributed by atoms with Crippen LogP contribution in [0.25, 0.3) is 0 Å². The lowest BCUT2D eigenvalue weighted by Gasteiger charge is -2.34. The Labute approximate surface area is 121 Å². The Morgan fingerprint density at radius 3 is 2.35 bits per heavy atom. The zero-order valence-electron chi connectivity index (χ0n) is 11.9. The van der Waals surface area contributed by atoms with E-state index in [1.807, 2.05) is 0 Å². The first kappa shape index (κ1) is 15.5. The van der Waals surface area contributed by atoms with Crippen LogP contribution in [-0.4, -0.2) is 36.5 Å². The van der Waals surface area contributed by atoms with Gasteiger partial charge in [0.25, 0.3) is 0 Å². The molecule has 0 heterocycles. The quantitative estimate of drug-likeness (QED) is 0.908. The zero-order valence-corrected chi connectivity index (χ0v) is 12.7. The van der Waals surface area contributed by atoms with E-state index in [-0.39, 0.29) is 12.6 Å². The number of benzene rings is 1. The van der Waals surface area contributed by atoms with Gasteiger partial charge in [-0.15, -0.1) is 0 Å². The third kappa shape index (κ3) is 3.59. The number of sulfonamides is 1. The van der Waals surface area contributed by atoms with Crippen LogP contribution in [0.15, 0.2) is 35.2 Å². The van der Waals surface area contributed by atoms with Crippen LogP contribution in [0.5, 0.6) is 0 Å². The van der Waals surface area contributed by atoms with E-state index in [0.717, 1.165) is 25.7 Å². The molecule has 2 rings (SSSR count). The molecule has 1 saturated carbocycles. The molecule has 1 fully saturated rings. The lowest BCUT2D eigenvalue weighted by molar-refractivity contribution is 0.136. The van der Waals surface area contributed by atoms with Gasteiger partial charge in [-0.05, 0) is 31.9 Å². The summed E-state index contributed by atoms with van der Waals surface area (Å²) in [5, 5.41) is 9.66. The molecule has 1 aliphatic rings. The third-order valence-electron chi connectivity index (χ3n) is 3.78. The summed E-state index contributed by atoms with van der Waals surface area (Å²) in [6, 6.07) is 8.52. The Morgan fingerprint density at radius 1 is 1.20 bits per heavy atom. The van der Waals surface area contributed by atoms with Crippen LogP contribution in [-0.2, 0) is 10.0 Å². The monoisotopic (exact) mass is 297 g/mol. The van der Waals surface area contributed by atoms with Gasteiger partial charge in [0.05, 0.1) is 11.0 Å². The third-order valence-corrected chi connectivity index (χ3v) is 5.71. The number of aliphatic hydroxyl groups excluding tert-OH is 1. The molecule has 4 nitrogen and oxygen atoms in total. The first-order valence-electron chi connectivity index (χ1n) is 7.27. The summed E-state index contributed by atoms with van der Waals surface area (Å²) < 4.78 is 27.1. The molecule has 1 unspecified atom stereocenters. The summed E-state index contributed by atoms with van der Waals surface area (Å²) in [5.41, 5.74) is 0. The maximum absolute atomic E-state index is 12.8. The predicted octanol–water partition coefficient (Wildman–Crippen LogP) is 2.39. The van der Waals surface area contributed by atoms with Crippen molar-refractivity contribution in [3.8, 4) is 0 Å². The molecule has 0 radical (unpaired) electrons. The molecule has 0 bridgehead atoms. The van der Waals surface area contributed by atoms with Crippen molar-refractivity contribution in [3.63, 3.8) is 0 Å². The average molecular weight is 297 g/mol. The van der Waals surface area contributed by atoms with Crippen LogP contribution in [0.4, 0.5) is 0 Å². The van der Waals surface area contributed by atoms with Crippen LogP contribution >= 0.6 is 0 Å². The smallest absolute Gasteiger partial charge is 0.243 e. The lowest BCUT2D eigenvalue weighted by atomic mass is 9.95. The Bertz CT molecular complexity index is 507. The van der Waals surface area contributed by atoms with Crippen molar-refractivity contribution in [3.05, 3.63) is 30.3 Å². The van der Waals surface area contributed by atoms with E-state index in [9.17, 15) is 13.5 Å². The van der Waals surface area contributed by atoms with Crippen molar-refractivity contribution >= 4 is 10.0 Å². The number of hydrogen-bond acceptors (Lipinski definition) is 3. The standard InChI is InChI=1S/C15H23NO3S/c1-13(17)12-16(14-8-4-2-5-9-14)20(18,19)15-10-6-3-7-11-15/h3,6-7,10-11,13-14,17H,2,4-5,8-9,12H2,1H3. The van der Waals surface area contributed by atoms with E-state index in [4.69, 9.17) is 0 Å². The van der Waals surface area contributed by atoms with Crippen molar-refractivity contribution in [2.45, 2.75) is 56.1 Å². The molecule has 5 heteroatoms. The highest BCUT2D eigenvalue weighted by Crippen LogP contribution is 2.27. The van der Waals surface area contributed by atoms with Gasteiger partial charge in [-0.2, -0.15) is 4.31 Å². The fourth-order valence-electron chi connectivity index (χ4n) is 2.80. The molecule has 1 aliphatic carbocycles. The highest BCUT2D eigenvalue weighted by Gasteiger charge is 2.32.